The Labute approximate surface area is 111 Å². The summed E-state index contributed by atoms with van der Waals surface area (Å²) in [5.41, 5.74) is 0.917. The van der Waals surface area contributed by atoms with Crippen LogP contribution < -0.4 is 9.64 Å². The molecule has 0 N–H and O–H groups in total. The second kappa shape index (κ2) is 5.27. The van der Waals surface area contributed by atoms with Crippen molar-refractivity contribution in [2.75, 3.05) is 38.3 Å². The Hall–Kier alpha value is -2.08. The zero-order valence-corrected chi connectivity index (χ0v) is 10.8. The molecular weight excluding hydrogens is 244 g/mol. The third-order valence-electron chi connectivity index (χ3n) is 3.12. The summed E-state index contributed by atoms with van der Waals surface area (Å²) in [4.78, 5) is 3.81. The highest BCUT2D eigenvalue weighted by atomic mass is 16.5. The lowest BCUT2D eigenvalue weighted by atomic mass is 10.3. The molecule has 1 aliphatic rings. The van der Waals surface area contributed by atoms with E-state index in [0.717, 1.165) is 43.6 Å². The quantitative estimate of drug-likeness (QED) is 0.827. The van der Waals surface area contributed by atoms with Gasteiger partial charge in [0.2, 0.25) is 0 Å². The first-order valence-corrected chi connectivity index (χ1v) is 6.26. The fourth-order valence-corrected chi connectivity index (χ4v) is 2.03. The van der Waals surface area contributed by atoms with Crippen LogP contribution in [0.5, 0.6) is 5.75 Å². The number of nitrogens with zero attached hydrogens (tertiary/aromatic N) is 4. The lowest BCUT2D eigenvalue weighted by Gasteiger charge is -2.25. The average Bonchev–Trinajstić information content (AvgIpc) is 2.98. The molecule has 1 fully saturated rings. The van der Waals surface area contributed by atoms with Gasteiger partial charge in [-0.3, -0.25) is 0 Å². The standard InChI is InChI=1S/C13H16N4O2/c1-18-12-4-2-11(3-5-12)17-14-10-13(15-17)16-6-8-19-9-7-16/h2-5,10H,6-9H2,1H3. The zero-order chi connectivity index (χ0) is 13.1. The summed E-state index contributed by atoms with van der Waals surface area (Å²) in [7, 11) is 1.65. The molecular formula is C13H16N4O2. The number of morpholine rings is 1. The van der Waals surface area contributed by atoms with Crippen LogP contribution in [0.15, 0.2) is 30.5 Å². The van der Waals surface area contributed by atoms with Crippen LogP contribution in [0.2, 0.25) is 0 Å². The number of anilines is 1. The van der Waals surface area contributed by atoms with Gasteiger partial charge in [-0.05, 0) is 24.3 Å². The van der Waals surface area contributed by atoms with Crippen LogP contribution in [-0.4, -0.2) is 48.4 Å². The van der Waals surface area contributed by atoms with Crippen LogP contribution >= 0.6 is 0 Å². The second-order valence-electron chi connectivity index (χ2n) is 4.29. The maximum Gasteiger partial charge on any atom is 0.171 e. The molecule has 6 heteroatoms. The van der Waals surface area contributed by atoms with Gasteiger partial charge in [0.05, 0.1) is 32.2 Å². The van der Waals surface area contributed by atoms with Crippen molar-refractivity contribution in [3.8, 4) is 11.4 Å². The normalized spacial score (nSPS) is 15.5. The molecule has 3 rings (SSSR count). The molecule has 2 heterocycles. The van der Waals surface area contributed by atoms with Crippen molar-refractivity contribution in [1.82, 2.24) is 15.0 Å². The SMILES string of the molecule is COc1ccc(-n2ncc(N3CCOCC3)n2)cc1. The van der Waals surface area contributed by atoms with Gasteiger partial charge < -0.3 is 14.4 Å². The predicted molar refractivity (Wildman–Crippen MR) is 70.9 cm³/mol. The summed E-state index contributed by atoms with van der Waals surface area (Å²) < 4.78 is 10.5. The van der Waals surface area contributed by atoms with Gasteiger partial charge in [-0.1, -0.05) is 0 Å². The highest BCUT2D eigenvalue weighted by Crippen LogP contribution is 2.16. The Balaban J connectivity index is 1.79. The highest BCUT2D eigenvalue weighted by Gasteiger charge is 2.14. The lowest BCUT2D eigenvalue weighted by molar-refractivity contribution is 0.122. The van der Waals surface area contributed by atoms with Gasteiger partial charge >= 0.3 is 0 Å². The fourth-order valence-electron chi connectivity index (χ4n) is 2.03. The van der Waals surface area contributed by atoms with Crippen LogP contribution in [0, 0.1) is 0 Å². The predicted octanol–water partition coefficient (Wildman–Crippen LogP) is 1.11. The molecule has 0 saturated carbocycles. The minimum Gasteiger partial charge on any atom is -0.497 e. The molecule has 2 aromatic rings. The van der Waals surface area contributed by atoms with Crippen molar-refractivity contribution >= 4 is 5.82 Å². The van der Waals surface area contributed by atoms with Crippen LogP contribution in [-0.2, 0) is 4.74 Å². The first-order chi connectivity index (χ1) is 9.36. The molecule has 19 heavy (non-hydrogen) atoms. The molecule has 0 amide bonds. The van der Waals surface area contributed by atoms with Gasteiger partial charge in [0.1, 0.15) is 5.75 Å². The smallest absolute Gasteiger partial charge is 0.171 e. The summed E-state index contributed by atoms with van der Waals surface area (Å²) in [5, 5.41) is 8.79. The molecule has 0 aliphatic carbocycles. The van der Waals surface area contributed by atoms with Crippen LogP contribution in [0.4, 0.5) is 5.82 Å². The van der Waals surface area contributed by atoms with E-state index in [1.807, 2.05) is 24.3 Å². The summed E-state index contributed by atoms with van der Waals surface area (Å²) in [6.45, 7) is 3.22. The molecule has 100 valence electrons. The Morgan fingerprint density at radius 3 is 2.58 bits per heavy atom. The van der Waals surface area contributed by atoms with Crippen molar-refractivity contribution in [1.29, 1.82) is 0 Å². The molecule has 0 unspecified atom stereocenters. The molecule has 0 atom stereocenters. The lowest BCUT2D eigenvalue weighted by Crippen LogP contribution is -2.36. The molecule has 6 nitrogen and oxygen atoms in total. The van der Waals surface area contributed by atoms with Gasteiger partial charge in [0.15, 0.2) is 5.82 Å². The molecule has 0 spiro atoms. The third-order valence-corrected chi connectivity index (χ3v) is 3.12. The summed E-state index contributed by atoms with van der Waals surface area (Å²) in [6, 6.07) is 7.66. The largest absolute Gasteiger partial charge is 0.497 e. The minimum atomic E-state index is 0.745. The summed E-state index contributed by atoms with van der Waals surface area (Å²) >= 11 is 0. The number of benzene rings is 1. The highest BCUT2D eigenvalue weighted by molar-refractivity contribution is 5.39. The average molecular weight is 260 g/mol. The molecule has 1 aromatic heterocycles. The van der Waals surface area contributed by atoms with Gasteiger partial charge in [0.25, 0.3) is 0 Å². The van der Waals surface area contributed by atoms with E-state index in [4.69, 9.17) is 9.47 Å². The van der Waals surface area contributed by atoms with Crippen LogP contribution in [0.3, 0.4) is 0 Å². The third kappa shape index (κ3) is 2.53. The topological polar surface area (TPSA) is 52.4 Å². The van der Waals surface area contributed by atoms with E-state index in [1.165, 1.54) is 0 Å². The number of aromatic nitrogens is 3. The molecule has 0 radical (unpaired) electrons. The van der Waals surface area contributed by atoms with E-state index >= 15 is 0 Å². The van der Waals surface area contributed by atoms with Crippen LogP contribution in [0.25, 0.3) is 5.69 Å². The molecule has 1 saturated heterocycles. The van der Waals surface area contributed by atoms with Crippen molar-refractivity contribution in [2.45, 2.75) is 0 Å². The van der Waals surface area contributed by atoms with Crippen molar-refractivity contribution in [2.24, 2.45) is 0 Å². The second-order valence-corrected chi connectivity index (χ2v) is 4.29. The number of rotatable bonds is 3. The number of hydrogen-bond acceptors (Lipinski definition) is 5. The fraction of sp³-hybridized carbons (Fsp3) is 0.385. The zero-order valence-electron chi connectivity index (χ0n) is 10.8. The Kier molecular flexibility index (Phi) is 3.33. The molecule has 1 aliphatic heterocycles. The van der Waals surface area contributed by atoms with Gasteiger partial charge in [-0.15, -0.1) is 9.90 Å². The van der Waals surface area contributed by atoms with Crippen LogP contribution in [0.1, 0.15) is 0 Å². The van der Waals surface area contributed by atoms with E-state index < -0.39 is 0 Å². The maximum atomic E-state index is 5.33. The first kappa shape index (κ1) is 12.0. The minimum absolute atomic E-state index is 0.745. The van der Waals surface area contributed by atoms with Crippen molar-refractivity contribution < 1.29 is 9.47 Å². The van der Waals surface area contributed by atoms with Crippen molar-refractivity contribution in [3.63, 3.8) is 0 Å². The van der Waals surface area contributed by atoms with E-state index in [-0.39, 0.29) is 0 Å². The molecule has 0 bridgehead atoms. The van der Waals surface area contributed by atoms with E-state index in [2.05, 4.69) is 15.1 Å². The Morgan fingerprint density at radius 1 is 1.16 bits per heavy atom. The monoisotopic (exact) mass is 260 g/mol. The van der Waals surface area contributed by atoms with E-state index in [1.54, 1.807) is 18.1 Å². The molecule has 1 aromatic carbocycles. The summed E-state index contributed by atoms with van der Waals surface area (Å²) in [6.07, 6.45) is 1.79. The Morgan fingerprint density at radius 2 is 1.89 bits per heavy atom. The maximum absolute atomic E-state index is 5.33. The van der Waals surface area contributed by atoms with E-state index in [9.17, 15) is 0 Å². The van der Waals surface area contributed by atoms with E-state index in [0.29, 0.717) is 0 Å². The van der Waals surface area contributed by atoms with Gasteiger partial charge in [-0.2, -0.15) is 5.10 Å². The first-order valence-electron chi connectivity index (χ1n) is 6.26. The Bertz CT molecular complexity index is 532. The van der Waals surface area contributed by atoms with Gasteiger partial charge in [-0.25, -0.2) is 0 Å². The van der Waals surface area contributed by atoms with Crippen molar-refractivity contribution in [3.05, 3.63) is 30.5 Å². The number of ether oxygens (including phenoxy) is 2. The number of hydrogen-bond donors (Lipinski definition) is 0. The van der Waals surface area contributed by atoms with Gasteiger partial charge in [0, 0.05) is 13.1 Å². The summed E-state index contributed by atoms with van der Waals surface area (Å²) in [5.74, 6) is 1.71. The number of methoxy groups -OCH3 is 1.